The molecule has 20 heavy (non-hydrogen) atoms. The zero-order valence-corrected chi connectivity index (χ0v) is 11.7. The number of fused-ring (bicyclic) bond motifs is 1. The average Bonchev–Trinajstić information content (AvgIpc) is 2.88. The topological polar surface area (TPSA) is 43.3 Å². The Labute approximate surface area is 118 Å². The summed E-state index contributed by atoms with van der Waals surface area (Å²) in [6.45, 7) is 0. The summed E-state index contributed by atoms with van der Waals surface area (Å²) in [5.41, 5.74) is 6.59. The van der Waals surface area contributed by atoms with Gasteiger partial charge in [0.25, 0.3) is 0 Å². The van der Waals surface area contributed by atoms with Crippen molar-refractivity contribution in [2.45, 2.75) is 43.8 Å². The van der Waals surface area contributed by atoms with E-state index in [2.05, 4.69) is 4.98 Å². The Morgan fingerprint density at radius 2 is 2.10 bits per heavy atom. The number of alkyl halides is 3. The highest BCUT2D eigenvalue weighted by molar-refractivity contribution is 7.15. The Morgan fingerprint density at radius 3 is 2.70 bits per heavy atom. The minimum absolute atomic E-state index is 0.127. The largest absolute Gasteiger partial charge is 0.391 e. The third-order valence-corrected chi connectivity index (χ3v) is 4.89. The van der Waals surface area contributed by atoms with Gasteiger partial charge in [0.2, 0.25) is 0 Å². The lowest BCUT2D eigenvalue weighted by Crippen LogP contribution is -2.47. The number of imidazole rings is 1. The summed E-state index contributed by atoms with van der Waals surface area (Å²) in [7, 11) is 0. The van der Waals surface area contributed by atoms with E-state index in [0.29, 0.717) is 19.3 Å². The lowest BCUT2D eigenvalue weighted by atomic mass is 9.74. The molecule has 0 bridgehead atoms. The molecule has 2 aromatic heterocycles. The number of nitrogens with zero attached hydrogens (tertiary/aromatic N) is 2. The van der Waals surface area contributed by atoms with Gasteiger partial charge in [0.1, 0.15) is 0 Å². The summed E-state index contributed by atoms with van der Waals surface area (Å²) < 4.78 is 39.9. The van der Waals surface area contributed by atoms with Gasteiger partial charge in [0.05, 0.1) is 11.6 Å². The number of nitrogens with two attached hydrogens (primary N) is 1. The molecule has 1 fully saturated rings. The smallest absolute Gasteiger partial charge is 0.325 e. The highest BCUT2D eigenvalue weighted by Gasteiger charge is 2.44. The Balaban J connectivity index is 1.67. The Hall–Kier alpha value is -1.08. The third kappa shape index (κ3) is 2.69. The van der Waals surface area contributed by atoms with E-state index in [1.807, 2.05) is 22.2 Å². The summed E-state index contributed by atoms with van der Waals surface area (Å²) in [5.74, 6) is -1.19. The van der Waals surface area contributed by atoms with Crippen LogP contribution in [0.2, 0.25) is 0 Å². The highest BCUT2D eigenvalue weighted by Crippen LogP contribution is 2.41. The van der Waals surface area contributed by atoms with Crippen molar-refractivity contribution >= 4 is 16.3 Å². The lowest BCUT2D eigenvalue weighted by Gasteiger charge is -2.37. The first-order valence-corrected chi connectivity index (χ1v) is 7.50. The Bertz CT molecular complexity index is 565. The second-order valence-electron chi connectivity index (χ2n) is 5.68. The molecule has 0 aromatic carbocycles. The minimum Gasteiger partial charge on any atom is -0.325 e. The molecule has 1 aliphatic rings. The average molecular weight is 303 g/mol. The molecule has 3 rings (SSSR count). The maximum atomic E-state index is 12.7. The molecule has 0 radical (unpaired) electrons. The monoisotopic (exact) mass is 303 g/mol. The molecule has 2 heterocycles. The van der Waals surface area contributed by atoms with Crippen LogP contribution in [0.4, 0.5) is 13.2 Å². The zero-order valence-electron chi connectivity index (χ0n) is 10.9. The quantitative estimate of drug-likeness (QED) is 0.924. The van der Waals surface area contributed by atoms with Crippen molar-refractivity contribution in [1.82, 2.24) is 9.38 Å². The molecule has 2 N–H and O–H groups in total. The van der Waals surface area contributed by atoms with Crippen LogP contribution in [0.25, 0.3) is 4.96 Å². The van der Waals surface area contributed by atoms with Crippen molar-refractivity contribution in [3.63, 3.8) is 0 Å². The van der Waals surface area contributed by atoms with E-state index in [1.54, 1.807) is 0 Å². The lowest BCUT2D eigenvalue weighted by molar-refractivity contribution is -0.184. The van der Waals surface area contributed by atoms with Gasteiger partial charge in [-0.05, 0) is 25.7 Å². The predicted octanol–water partition coefficient (Wildman–Crippen LogP) is 3.39. The molecular formula is C13H16F3N3S. The molecule has 0 saturated heterocycles. The van der Waals surface area contributed by atoms with Crippen molar-refractivity contribution in [2.75, 3.05) is 0 Å². The normalized spacial score (nSPS) is 28.1. The number of aromatic nitrogens is 2. The van der Waals surface area contributed by atoms with Gasteiger partial charge in [0.15, 0.2) is 4.96 Å². The summed E-state index contributed by atoms with van der Waals surface area (Å²) in [6, 6.07) is 0. The van der Waals surface area contributed by atoms with Crippen LogP contribution in [-0.2, 0) is 6.42 Å². The van der Waals surface area contributed by atoms with Crippen molar-refractivity contribution < 1.29 is 13.2 Å². The molecule has 0 amide bonds. The molecular weight excluding hydrogens is 287 g/mol. The van der Waals surface area contributed by atoms with Crippen LogP contribution >= 0.6 is 11.3 Å². The van der Waals surface area contributed by atoms with Crippen molar-refractivity contribution in [2.24, 2.45) is 11.7 Å². The van der Waals surface area contributed by atoms with Crippen LogP contribution in [0, 0.1) is 5.92 Å². The second kappa shape index (κ2) is 4.73. The fourth-order valence-electron chi connectivity index (χ4n) is 2.92. The molecule has 3 nitrogen and oxygen atoms in total. The van der Waals surface area contributed by atoms with Crippen LogP contribution in [0.5, 0.6) is 0 Å². The molecule has 1 aliphatic carbocycles. The van der Waals surface area contributed by atoms with E-state index in [4.69, 9.17) is 5.73 Å². The first-order valence-electron chi connectivity index (χ1n) is 6.62. The fourth-order valence-corrected chi connectivity index (χ4v) is 3.64. The molecule has 0 aliphatic heterocycles. The van der Waals surface area contributed by atoms with Crippen LogP contribution in [0.1, 0.15) is 31.4 Å². The van der Waals surface area contributed by atoms with Crippen molar-refractivity contribution in [3.05, 3.63) is 23.5 Å². The molecule has 0 atom stereocenters. The number of thiazole rings is 1. The van der Waals surface area contributed by atoms with E-state index in [9.17, 15) is 13.2 Å². The Kier molecular flexibility index (Phi) is 3.29. The standard InChI is InChI=1S/C13H16F3N3S/c14-13(15,16)9-1-3-12(17,4-2-9)7-10-8-19-5-6-20-11(19)18-10/h5-6,8-9H,1-4,7,17H2. The van der Waals surface area contributed by atoms with E-state index >= 15 is 0 Å². The number of halogens is 3. The van der Waals surface area contributed by atoms with E-state index in [0.717, 1.165) is 10.7 Å². The van der Waals surface area contributed by atoms with Crippen LogP contribution in [0.15, 0.2) is 17.8 Å². The molecule has 110 valence electrons. The summed E-state index contributed by atoms with van der Waals surface area (Å²) in [5, 5.41) is 1.94. The van der Waals surface area contributed by atoms with E-state index < -0.39 is 17.6 Å². The molecule has 7 heteroatoms. The van der Waals surface area contributed by atoms with Crippen LogP contribution < -0.4 is 5.73 Å². The summed E-state index contributed by atoms with van der Waals surface area (Å²) in [6.07, 6.45) is 1.36. The maximum absolute atomic E-state index is 12.7. The number of hydrogen-bond donors (Lipinski definition) is 1. The van der Waals surface area contributed by atoms with Crippen LogP contribution in [0.3, 0.4) is 0 Å². The van der Waals surface area contributed by atoms with Gasteiger partial charge in [-0.2, -0.15) is 13.2 Å². The third-order valence-electron chi connectivity index (χ3n) is 4.12. The van der Waals surface area contributed by atoms with E-state index in [-0.39, 0.29) is 12.8 Å². The predicted molar refractivity (Wildman–Crippen MR) is 71.7 cm³/mol. The fraction of sp³-hybridized carbons (Fsp3) is 0.615. The van der Waals surface area contributed by atoms with Gasteiger partial charge in [-0.1, -0.05) is 0 Å². The second-order valence-corrected chi connectivity index (χ2v) is 6.55. The van der Waals surface area contributed by atoms with Gasteiger partial charge >= 0.3 is 6.18 Å². The van der Waals surface area contributed by atoms with Gasteiger partial charge in [-0.25, -0.2) is 4.98 Å². The van der Waals surface area contributed by atoms with Crippen LogP contribution in [-0.4, -0.2) is 21.1 Å². The maximum Gasteiger partial charge on any atom is 0.391 e. The number of hydrogen-bond acceptors (Lipinski definition) is 3. The number of rotatable bonds is 2. The SMILES string of the molecule is NC1(Cc2cn3ccsc3n2)CCC(C(F)(F)F)CC1. The van der Waals surface area contributed by atoms with Crippen molar-refractivity contribution in [1.29, 1.82) is 0 Å². The zero-order chi connectivity index (χ0) is 14.4. The van der Waals surface area contributed by atoms with Gasteiger partial charge in [0, 0.05) is 29.7 Å². The first-order chi connectivity index (χ1) is 9.36. The molecule has 0 spiro atoms. The molecule has 2 aromatic rings. The van der Waals surface area contributed by atoms with Gasteiger partial charge < -0.3 is 5.73 Å². The minimum atomic E-state index is -4.08. The van der Waals surface area contributed by atoms with E-state index in [1.165, 1.54) is 11.3 Å². The highest BCUT2D eigenvalue weighted by atomic mass is 32.1. The Morgan fingerprint density at radius 1 is 1.40 bits per heavy atom. The summed E-state index contributed by atoms with van der Waals surface area (Å²) in [4.78, 5) is 5.35. The van der Waals surface area contributed by atoms with Gasteiger partial charge in [-0.3, -0.25) is 4.40 Å². The van der Waals surface area contributed by atoms with Gasteiger partial charge in [-0.15, -0.1) is 11.3 Å². The van der Waals surface area contributed by atoms with Crippen molar-refractivity contribution in [3.8, 4) is 0 Å². The molecule has 0 unspecified atom stereocenters. The molecule has 1 saturated carbocycles. The summed E-state index contributed by atoms with van der Waals surface area (Å²) >= 11 is 1.54. The first kappa shape index (κ1) is 13.9.